The Morgan fingerprint density at radius 2 is 2.00 bits per heavy atom. The fourth-order valence-corrected chi connectivity index (χ4v) is 2.46. The number of nitrogens with zero attached hydrogens (tertiary/aromatic N) is 3. The third-order valence-corrected chi connectivity index (χ3v) is 3.55. The minimum Gasteiger partial charge on any atom is -0.357 e. The topological polar surface area (TPSA) is 55.0 Å². The van der Waals surface area contributed by atoms with E-state index in [1.165, 1.54) is 32.1 Å². The Balaban J connectivity index is 2.01. The average molecular weight is 234 g/mol. The number of aromatic nitrogens is 2. The number of rotatable bonds is 4. The van der Waals surface area contributed by atoms with Crippen LogP contribution in [-0.2, 0) is 0 Å². The van der Waals surface area contributed by atoms with Crippen LogP contribution in [0.1, 0.15) is 43.7 Å². The van der Waals surface area contributed by atoms with Gasteiger partial charge >= 0.3 is 0 Å². The van der Waals surface area contributed by atoms with Crippen LogP contribution in [0.4, 0.5) is 5.82 Å². The summed E-state index contributed by atoms with van der Waals surface area (Å²) in [6.07, 6.45) is 6.59. The van der Waals surface area contributed by atoms with Crippen LogP contribution in [0.5, 0.6) is 0 Å². The summed E-state index contributed by atoms with van der Waals surface area (Å²) in [4.78, 5) is 2.04. The van der Waals surface area contributed by atoms with Crippen molar-refractivity contribution < 1.29 is 0 Å². The van der Waals surface area contributed by atoms with E-state index < -0.39 is 0 Å². The van der Waals surface area contributed by atoms with Crippen molar-refractivity contribution in [1.29, 1.82) is 0 Å². The number of likely N-dealkylation sites (N-methyl/N-ethyl adjacent to an activating group) is 1. The lowest BCUT2D eigenvalue weighted by Gasteiger charge is -2.21. The van der Waals surface area contributed by atoms with Crippen LogP contribution in [0.3, 0.4) is 0 Å². The maximum Gasteiger partial charge on any atom is 0.151 e. The van der Waals surface area contributed by atoms with Crippen molar-refractivity contribution in [3.63, 3.8) is 0 Å². The predicted octanol–water partition coefficient (Wildman–Crippen LogP) is 1.92. The molecule has 0 atom stereocenters. The quantitative estimate of drug-likeness (QED) is 0.864. The zero-order valence-corrected chi connectivity index (χ0v) is 10.6. The first kappa shape index (κ1) is 12.3. The third-order valence-electron chi connectivity index (χ3n) is 3.55. The lowest BCUT2D eigenvalue weighted by molar-refractivity contribution is 0.434. The zero-order valence-electron chi connectivity index (χ0n) is 10.6. The van der Waals surface area contributed by atoms with Crippen molar-refractivity contribution >= 4 is 5.82 Å². The van der Waals surface area contributed by atoms with Crippen LogP contribution in [0, 0.1) is 0 Å². The van der Waals surface area contributed by atoms with E-state index >= 15 is 0 Å². The molecule has 4 heteroatoms. The van der Waals surface area contributed by atoms with Crippen LogP contribution in [-0.4, -0.2) is 30.3 Å². The predicted molar refractivity (Wildman–Crippen MR) is 70.2 cm³/mol. The number of hydrogen-bond acceptors (Lipinski definition) is 4. The van der Waals surface area contributed by atoms with E-state index in [1.807, 2.05) is 11.9 Å². The minimum atomic E-state index is 0.630. The highest BCUT2D eigenvalue weighted by Crippen LogP contribution is 2.31. The zero-order chi connectivity index (χ0) is 12.1. The molecule has 1 aromatic rings. The number of anilines is 1. The van der Waals surface area contributed by atoms with Gasteiger partial charge in [0.15, 0.2) is 5.82 Å². The van der Waals surface area contributed by atoms with Gasteiger partial charge < -0.3 is 10.6 Å². The molecule has 1 aromatic heterocycles. The van der Waals surface area contributed by atoms with Crippen LogP contribution in [0.25, 0.3) is 0 Å². The smallest absolute Gasteiger partial charge is 0.151 e. The van der Waals surface area contributed by atoms with E-state index in [4.69, 9.17) is 5.73 Å². The molecular formula is C13H22N4. The van der Waals surface area contributed by atoms with E-state index in [2.05, 4.69) is 22.3 Å². The van der Waals surface area contributed by atoms with E-state index in [9.17, 15) is 0 Å². The Hall–Kier alpha value is -1.16. The lowest BCUT2D eigenvalue weighted by atomic mass is 9.87. The second-order valence-electron chi connectivity index (χ2n) is 4.86. The van der Waals surface area contributed by atoms with Gasteiger partial charge in [-0.05, 0) is 25.0 Å². The summed E-state index contributed by atoms with van der Waals surface area (Å²) in [6, 6.07) is 4.19. The van der Waals surface area contributed by atoms with Crippen LogP contribution in [0.2, 0.25) is 0 Å². The highest BCUT2D eigenvalue weighted by molar-refractivity contribution is 5.36. The summed E-state index contributed by atoms with van der Waals surface area (Å²) in [5.74, 6) is 1.54. The van der Waals surface area contributed by atoms with Crippen molar-refractivity contribution in [1.82, 2.24) is 10.2 Å². The average Bonchev–Trinajstić information content (AvgIpc) is 2.40. The molecule has 0 aliphatic heterocycles. The second kappa shape index (κ2) is 5.96. The molecule has 0 bridgehead atoms. The van der Waals surface area contributed by atoms with E-state index in [0.717, 1.165) is 18.1 Å². The van der Waals surface area contributed by atoms with Gasteiger partial charge in [-0.25, -0.2) is 0 Å². The van der Waals surface area contributed by atoms with Gasteiger partial charge in [0.25, 0.3) is 0 Å². The first-order chi connectivity index (χ1) is 8.31. The molecule has 0 spiro atoms. The maximum absolute atomic E-state index is 5.52. The summed E-state index contributed by atoms with van der Waals surface area (Å²) in [5.41, 5.74) is 6.69. The van der Waals surface area contributed by atoms with Gasteiger partial charge in [0.05, 0.1) is 5.69 Å². The molecule has 0 unspecified atom stereocenters. The Labute approximate surface area is 103 Å². The van der Waals surface area contributed by atoms with E-state index in [-0.39, 0.29) is 0 Å². The van der Waals surface area contributed by atoms with Gasteiger partial charge in [-0.3, -0.25) is 0 Å². The standard InChI is InChI=1S/C13H22N4/c1-17(10-9-14)13-8-7-12(15-16-13)11-5-3-2-4-6-11/h7-8,11H,2-6,9-10,14H2,1H3. The lowest BCUT2D eigenvalue weighted by Crippen LogP contribution is -2.26. The molecule has 17 heavy (non-hydrogen) atoms. The Morgan fingerprint density at radius 1 is 1.24 bits per heavy atom. The molecule has 0 radical (unpaired) electrons. The van der Waals surface area contributed by atoms with Crippen molar-refractivity contribution in [3.05, 3.63) is 17.8 Å². The molecule has 4 nitrogen and oxygen atoms in total. The normalized spacial score (nSPS) is 17.1. The summed E-state index contributed by atoms with van der Waals surface area (Å²) in [7, 11) is 2.00. The minimum absolute atomic E-state index is 0.630. The molecule has 2 rings (SSSR count). The van der Waals surface area contributed by atoms with Crippen molar-refractivity contribution in [3.8, 4) is 0 Å². The molecule has 94 valence electrons. The van der Waals surface area contributed by atoms with Crippen LogP contribution >= 0.6 is 0 Å². The molecule has 2 N–H and O–H groups in total. The van der Waals surface area contributed by atoms with Gasteiger partial charge in [0, 0.05) is 26.1 Å². The largest absolute Gasteiger partial charge is 0.357 e. The summed E-state index contributed by atoms with van der Waals surface area (Å²) in [6.45, 7) is 1.46. The van der Waals surface area contributed by atoms with Crippen molar-refractivity contribution in [2.24, 2.45) is 5.73 Å². The van der Waals surface area contributed by atoms with Gasteiger partial charge in [-0.1, -0.05) is 19.3 Å². The Bertz CT molecular complexity index is 330. The van der Waals surface area contributed by atoms with Crippen LogP contribution < -0.4 is 10.6 Å². The van der Waals surface area contributed by atoms with Gasteiger partial charge in [0.1, 0.15) is 0 Å². The fourth-order valence-electron chi connectivity index (χ4n) is 2.46. The maximum atomic E-state index is 5.52. The third kappa shape index (κ3) is 3.16. The fraction of sp³-hybridized carbons (Fsp3) is 0.692. The molecule has 1 saturated carbocycles. The summed E-state index contributed by atoms with van der Waals surface area (Å²) < 4.78 is 0. The molecule has 0 amide bonds. The molecule has 1 aliphatic rings. The Kier molecular flexibility index (Phi) is 4.31. The molecule has 1 heterocycles. The van der Waals surface area contributed by atoms with Crippen LogP contribution in [0.15, 0.2) is 12.1 Å². The highest BCUT2D eigenvalue weighted by Gasteiger charge is 2.17. The number of nitrogens with two attached hydrogens (primary N) is 1. The first-order valence-corrected chi connectivity index (χ1v) is 6.56. The second-order valence-corrected chi connectivity index (χ2v) is 4.86. The molecule has 1 aliphatic carbocycles. The van der Waals surface area contributed by atoms with Gasteiger partial charge in [-0.2, -0.15) is 5.10 Å². The Morgan fingerprint density at radius 3 is 2.59 bits per heavy atom. The van der Waals surface area contributed by atoms with Crippen molar-refractivity contribution in [2.75, 3.05) is 25.0 Å². The molecule has 0 aromatic carbocycles. The van der Waals surface area contributed by atoms with E-state index in [1.54, 1.807) is 0 Å². The summed E-state index contributed by atoms with van der Waals surface area (Å²) >= 11 is 0. The van der Waals surface area contributed by atoms with Gasteiger partial charge in [-0.15, -0.1) is 5.10 Å². The molecule has 1 fully saturated rings. The highest BCUT2D eigenvalue weighted by atomic mass is 15.2. The summed E-state index contributed by atoms with van der Waals surface area (Å²) in [5, 5.41) is 8.67. The monoisotopic (exact) mass is 234 g/mol. The molecule has 0 saturated heterocycles. The van der Waals surface area contributed by atoms with E-state index in [0.29, 0.717) is 12.5 Å². The van der Waals surface area contributed by atoms with Gasteiger partial charge in [0.2, 0.25) is 0 Å². The SMILES string of the molecule is CN(CCN)c1ccc(C2CCCCC2)nn1. The first-order valence-electron chi connectivity index (χ1n) is 6.56. The number of hydrogen-bond donors (Lipinski definition) is 1. The molecular weight excluding hydrogens is 212 g/mol. The van der Waals surface area contributed by atoms with Crippen molar-refractivity contribution in [2.45, 2.75) is 38.0 Å².